The fourth-order valence-electron chi connectivity index (χ4n) is 1.12. The maximum absolute atomic E-state index is 12.0. The third-order valence-electron chi connectivity index (χ3n) is 1.79. The van der Waals surface area contributed by atoms with Crippen molar-refractivity contribution in [3.8, 4) is 5.75 Å². The van der Waals surface area contributed by atoms with Crippen molar-refractivity contribution in [3.63, 3.8) is 0 Å². The van der Waals surface area contributed by atoms with Gasteiger partial charge in [0.05, 0.1) is 0 Å². The molecule has 18 heavy (non-hydrogen) atoms. The lowest BCUT2D eigenvalue weighted by Crippen LogP contribution is -2.24. The fourth-order valence-corrected chi connectivity index (χ4v) is 1.12. The van der Waals surface area contributed by atoms with Crippen LogP contribution >= 0.6 is 0 Å². The molecule has 0 fully saturated rings. The number of nitrogens with one attached hydrogen (secondary N) is 1. The summed E-state index contributed by atoms with van der Waals surface area (Å²) in [4.78, 5) is 4.14. The predicted octanol–water partition coefficient (Wildman–Crippen LogP) is 2.87. The second kappa shape index (κ2) is 6.50. The van der Waals surface area contributed by atoms with Crippen molar-refractivity contribution >= 4 is 0 Å². The molecule has 0 atom stereocenters. The molecule has 0 unspecified atom stereocenters. The van der Waals surface area contributed by atoms with Crippen molar-refractivity contribution in [2.45, 2.75) is 19.3 Å². The summed E-state index contributed by atoms with van der Waals surface area (Å²) in [6, 6.07) is 5.73. The van der Waals surface area contributed by atoms with Gasteiger partial charge in [-0.1, -0.05) is 18.2 Å². The number of hydroxylamine groups is 1. The van der Waals surface area contributed by atoms with Gasteiger partial charge in [0.2, 0.25) is 0 Å². The molecule has 3 nitrogen and oxygen atoms in total. The molecule has 1 rings (SSSR count). The fraction of sp³-hybridized carbons (Fsp3) is 0.400. The van der Waals surface area contributed by atoms with Gasteiger partial charge in [-0.15, -0.1) is 0 Å². The Morgan fingerprint density at radius 3 is 2.44 bits per heavy atom. The van der Waals surface area contributed by atoms with Crippen molar-refractivity contribution in [2.24, 2.45) is 0 Å². The SMILES string of the molecule is FC(F)Oc1ccccc1CNOCC(F)(F)F. The Kier molecular flexibility index (Phi) is 5.29. The number of hydrogen-bond acceptors (Lipinski definition) is 3. The zero-order chi connectivity index (χ0) is 13.6. The van der Waals surface area contributed by atoms with Gasteiger partial charge in [-0.25, -0.2) is 0 Å². The molecule has 0 aliphatic carbocycles. The van der Waals surface area contributed by atoms with Crippen LogP contribution in [-0.4, -0.2) is 19.4 Å². The molecule has 0 radical (unpaired) electrons. The van der Waals surface area contributed by atoms with Crippen molar-refractivity contribution in [1.82, 2.24) is 5.48 Å². The maximum Gasteiger partial charge on any atom is 0.413 e. The molecule has 0 heterocycles. The monoisotopic (exact) mass is 271 g/mol. The first-order valence-electron chi connectivity index (χ1n) is 4.82. The average Bonchev–Trinajstić information content (AvgIpc) is 2.24. The Labute approximate surface area is 99.4 Å². The van der Waals surface area contributed by atoms with Crippen LogP contribution in [0.3, 0.4) is 0 Å². The van der Waals surface area contributed by atoms with E-state index in [1.165, 1.54) is 18.2 Å². The van der Waals surface area contributed by atoms with Crippen molar-refractivity contribution in [3.05, 3.63) is 29.8 Å². The van der Waals surface area contributed by atoms with Crippen LogP contribution < -0.4 is 10.2 Å². The summed E-state index contributed by atoms with van der Waals surface area (Å²) >= 11 is 0. The molecular weight excluding hydrogens is 261 g/mol. The molecule has 0 aliphatic heterocycles. The molecule has 0 bridgehead atoms. The van der Waals surface area contributed by atoms with Crippen LogP contribution in [0.15, 0.2) is 24.3 Å². The second-order valence-corrected chi connectivity index (χ2v) is 3.21. The Balaban J connectivity index is 2.46. The van der Waals surface area contributed by atoms with E-state index >= 15 is 0 Å². The second-order valence-electron chi connectivity index (χ2n) is 3.21. The number of benzene rings is 1. The van der Waals surface area contributed by atoms with E-state index < -0.39 is 19.4 Å². The third-order valence-corrected chi connectivity index (χ3v) is 1.79. The lowest BCUT2D eigenvalue weighted by molar-refractivity contribution is -0.190. The first-order chi connectivity index (χ1) is 8.38. The van der Waals surface area contributed by atoms with E-state index in [4.69, 9.17) is 0 Å². The van der Waals surface area contributed by atoms with E-state index in [0.29, 0.717) is 0 Å². The number of rotatable bonds is 6. The largest absolute Gasteiger partial charge is 0.434 e. The Bertz CT molecular complexity index is 370. The topological polar surface area (TPSA) is 30.5 Å². The van der Waals surface area contributed by atoms with Crippen LogP contribution in [0.1, 0.15) is 5.56 Å². The molecule has 0 saturated carbocycles. The van der Waals surface area contributed by atoms with E-state index in [0.717, 1.165) is 0 Å². The first kappa shape index (κ1) is 14.7. The molecular formula is C10H10F5NO2. The average molecular weight is 271 g/mol. The quantitative estimate of drug-likeness (QED) is 0.490. The minimum Gasteiger partial charge on any atom is -0.434 e. The number of alkyl halides is 5. The van der Waals surface area contributed by atoms with Crippen LogP contribution in [0.2, 0.25) is 0 Å². The summed E-state index contributed by atoms with van der Waals surface area (Å²) in [5.41, 5.74) is 2.29. The molecule has 0 aromatic heterocycles. The molecule has 1 aromatic rings. The third kappa shape index (κ3) is 5.78. The van der Waals surface area contributed by atoms with Gasteiger partial charge in [0.15, 0.2) is 6.61 Å². The number of ether oxygens (including phenoxy) is 1. The lowest BCUT2D eigenvalue weighted by atomic mass is 10.2. The highest BCUT2D eigenvalue weighted by Gasteiger charge is 2.27. The normalized spacial score (nSPS) is 11.9. The van der Waals surface area contributed by atoms with Gasteiger partial charge >= 0.3 is 12.8 Å². The highest BCUT2D eigenvalue weighted by atomic mass is 19.4. The van der Waals surface area contributed by atoms with Gasteiger partial charge in [0, 0.05) is 12.1 Å². The zero-order valence-electron chi connectivity index (χ0n) is 9.01. The Morgan fingerprint density at radius 2 is 1.83 bits per heavy atom. The maximum atomic E-state index is 12.0. The van der Waals surface area contributed by atoms with Crippen LogP contribution in [0.5, 0.6) is 5.75 Å². The molecule has 0 spiro atoms. The molecule has 0 saturated heterocycles. The van der Waals surface area contributed by atoms with Gasteiger partial charge in [0.25, 0.3) is 0 Å². The van der Waals surface area contributed by atoms with E-state index in [-0.39, 0.29) is 17.9 Å². The summed E-state index contributed by atoms with van der Waals surface area (Å²) < 4.78 is 63.5. The van der Waals surface area contributed by atoms with Crippen molar-refractivity contribution < 1.29 is 31.5 Å². The van der Waals surface area contributed by atoms with E-state index in [9.17, 15) is 22.0 Å². The summed E-state index contributed by atoms with van der Waals surface area (Å²) in [6.07, 6.45) is -4.45. The molecule has 1 aromatic carbocycles. The predicted molar refractivity (Wildman–Crippen MR) is 51.9 cm³/mol. The zero-order valence-corrected chi connectivity index (χ0v) is 9.01. The highest BCUT2D eigenvalue weighted by molar-refractivity contribution is 5.33. The smallest absolute Gasteiger partial charge is 0.413 e. The minimum absolute atomic E-state index is 0.115. The number of hydrogen-bond donors (Lipinski definition) is 1. The first-order valence-corrected chi connectivity index (χ1v) is 4.82. The van der Waals surface area contributed by atoms with Gasteiger partial charge in [0.1, 0.15) is 5.75 Å². The van der Waals surface area contributed by atoms with Gasteiger partial charge in [-0.2, -0.15) is 27.4 Å². The molecule has 8 heteroatoms. The molecule has 0 aliphatic rings. The standard InChI is InChI=1S/C10H10F5NO2/c11-9(12)18-8-4-2-1-3-7(8)5-16-17-6-10(13,14)15/h1-4,9,16H,5-6H2. The van der Waals surface area contributed by atoms with E-state index in [2.05, 4.69) is 9.57 Å². The summed E-state index contributed by atoms with van der Waals surface area (Å²) in [5.74, 6) is -0.115. The van der Waals surface area contributed by atoms with Gasteiger partial charge in [-0.05, 0) is 6.07 Å². The summed E-state index contributed by atoms with van der Waals surface area (Å²) in [5, 5.41) is 0. The van der Waals surface area contributed by atoms with E-state index in [1.807, 2.05) is 5.48 Å². The Morgan fingerprint density at radius 1 is 1.17 bits per heavy atom. The number of para-hydroxylation sites is 1. The van der Waals surface area contributed by atoms with Crippen molar-refractivity contribution in [2.75, 3.05) is 6.61 Å². The molecule has 0 amide bonds. The van der Waals surface area contributed by atoms with Crippen LogP contribution in [0, 0.1) is 0 Å². The van der Waals surface area contributed by atoms with Crippen LogP contribution in [0.25, 0.3) is 0 Å². The van der Waals surface area contributed by atoms with Crippen LogP contribution in [-0.2, 0) is 11.4 Å². The highest BCUT2D eigenvalue weighted by Crippen LogP contribution is 2.20. The van der Waals surface area contributed by atoms with Crippen LogP contribution in [0.4, 0.5) is 22.0 Å². The Hall–Kier alpha value is -1.41. The minimum atomic E-state index is -4.45. The summed E-state index contributed by atoms with van der Waals surface area (Å²) in [7, 11) is 0. The lowest BCUT2D eigenvalue weighted by Gasteiger charge is -2.12. The summed E-state index contributed by atoms with van der Waals surface area (Å²) in [6.45, 7) is -4.65. The molecule has 102 valence electrons. The van der Waals surface area contributed by atoms with E-state index in [1.54, 1.807) is 6.07 Å². The van der Waals surface area contributed by atoms with Gasteiger partial charge in [-0.3, -0.25) is 4.84 Å². The van der Waals surface area contributed by atoms with Gasteiger partial charge < -0.3 is 4.74 Å². The van der Waals surface area contributed by atoms with Crippen molar-refractivity contribution in [1.29, 1.82) is 0 Å². The molecule has 1 N–H and O–H groups in total. The number of halogens is 5.